The van der Waals surface area contributed by atoms with E-state index < -0.39 is 0 Å². The summed E-state index contributed by atoms with van der Waals surface area (Å²) in [6.45, 7) is 15.9. The SMILES string of the molecule is CCCCN(CC)N1C=C(C)C=C2C(c3c(C)cc(C)cc3C)OCNC21. The fourth-order valence-corrected chi connectivity index (χ4v) is 4.43. The van der Waals surface area contributed by atoms with Gasteiger partial charge in [0.25, 0.3) is 0 Å². The predicted molar refractivity (Wildman–Crippen MR) is 112 cm³/mol. The summed E-state index contributed by atoms with van der Waals surface area (Å²) in [4.78, 5) is 0. The second-order valence-corrected chi connectivity index (χ2v) is 7.91. The van der Waals surface area contributed by atoms with Crippen LogP contribution >= 0.6 is 0 Å². The number of nitrogens with zero attached hydrogens (tertiary/aromatic N) is 2. The third kappa shape index (κ3) is 4.13. The van der Waals surface area contributed by atoms with Gasteiger partial charge in [-0.1, -0.05) is 44.0 Å². The Balaban J connectivity index is 1.97. The standard InChI is InChI=1S/C23H35N3O/c1-7-9-10-25(8-2)26-14-17(4)13-20-22(27-15-24-23(20)26)21-18(5)11-16(3)12-19(21)6/h11-14,22-24H,7-10,15H2,1-6H3. The first-order valence-electron chi connectivity index (χ1n) is 10.3. The van der Waals surface area contributed by atoms with Gasteiger partial charge < -0.3 is 4.74 Å². The van der Waals surface area contributed by atoms with Gasteiger partial charge in [-0.25, -0.2) is 5.01 Å². The number of unbranched alkanes of at least 4 members (excludes halogenated alkanes) is 1. The molecule has 1 fully saturated rings. The number of benzene rings is 1. The zero-order valence-corrected chi connectivity index (χ0v) is 17.8. The minimum Gasteiger partial charge on any atom is -0.354 e. The first kappa shape index (κ1) is 20.1. The Hall–Kier alpha value is -1.62. The number of rotatable bonds is 6. The van der Waals surface area contributed by atoms with Crippen LogP contribution in [0.1, 0.15) is 62.0 Å². The van der Waals surface area contributed by atoms with E-state index in [-0.39, 0.29) is 12.3 Å². The van der Waals surface area contributed by atoms with Crippen molar-refractivity contribution in [3.8, 4) is 0 Å². The van der Waals surface area contributed by atoms with Gasteiger partial charge in [0.1, 0.15) is 12.3 Å². The van der Waals surface area contributed by atoms with E-state index in [0.717, 1.165) is 13.1 Å². The third-order valence-electron chi connectivity index (χ3n) is 5.60. The molecule has 2 heterocycles. The highest BCUT2D eigenvalue weighted by atomic mass is 16.5. The number of hydrazine groups is 1. The molecule has 0 aromatic heterocycles. The molecule has 4 heteroatoms. The van der Waals surface area contributed by atoms with Gasteiger partial charge in [-0.15, -0.1) is 0 Å². The van der Waals surface area contributed by atoms with Crippen LogP contribution in [0.3, 0.4) is 0 Å². The van der Waals surface area contributed by atoms with E-state index in [4.69, 9.17) is 4.74 Å². The number of allylic oxidation sites excluding steroid dienone is 2. The molecule has 2 unspecified atom stereocenters. The highest BCUT2D eigenvalue weighted by molar-refractivity contribution is 5.45. The molecule has 148 valence electrons. The summed E-state index contributed by atoms with van der Waals surface area (Å²) in [6, 6.07) is 4.54. The molecule has 27 heavy (non-hydrogen) atoms. The van der Waals surface area contributed by atoms with Gasteiger partial charge in [0.05, 0.1) is 6.73 Å². The van der Waals surface area contributed by atoms with Crippen LogP contribution < -0.4 is 5.32 Å². The van der Waals surface area contributed by atoms with Crippen LogP contribution in [0.5, 0.6) is 0 Å². The molecule has 0 aliphatic carbocycles. The average Bonchev–Trinajstić information content (AvgIpc) is 2.61. The van der Waals surface area contributed by atoms with E-state index >= 15 is 0 Å². The Morgan fingerprint density at radius 3 is 2.48 bits per heavy atom. The maximum atomic E-state index is 6.27. The van der Waals surface area contributed by atoms with Gasteiger partial charge in [0.15, 0.2) is 0 Å². The van der Waals surface area contributed by atoms with E-state index in [0.29, 0.717) is 6.73 Å². The zero-order valence-electron chi connectivity index (χ0n) is 17.8. The lowest BCUT2D eigenvalue weighted by Gasteiger charge is -2.47. The van der Waals surface area contributed by atoms with Crippen LogP contribution in [0.2, 0.25) is 0 Å². The summed E-state index contributed by atoms with van der Waals surface area (Å²) in [6.07, 6.45) is 7.17. The Kier molecular flexibility index (Phi) is 6.40. The van der Waals surface area contributed by atoms with Gasteiger partial charge in [-0.2, -0.15) is 0 Å². The van der Waals surface area contributed by atoms with Gasteiger partial charge in [-0.05, 0) is 56.4 Å². The van der Waals surface area contributed by atoms with E-state index in [9.17, 15) is 0 Å². The summed E-state index contributed by atoms with van der Waals surface area (Å²) in [5.74, 6) is 0. The van der Waals surface area contributed by atoms with Gasteiger partial charge in [0.2, 0.25) is 0 Å². The van der Waals surface area contributed by atoms with Gasteiger partial charge >= 0.3 is 0 Å². The highest BCUT2D eigenvalue weighted by Crippen LogP contribution is 2.39. The number of hydrogen-bond donors (Lipinski definition) is 1. The van der Waals surface area contributed by atoms with Crippen LogP contribution in [0.25, 0.3) is 0 Å². The first-order chi connectivity index (χ1) is 13.0. The maximum absolute atomic E-state index is 6.27. The summed E-state index contributed by atoms with van der Waals surface area (Å²) in [7, 11) is 0. The summed E-state index contributed by atoms with van der Waals surface area (Å²) >= 11 is 0. The van der Waals surface area contributed by atoms with Crippen LogP contribution in [0, 0.1) is 20.8 Å². The van der Waals surface area contributed by atoms with E-state index in [1.54, 1.807) is 0 Å². The first-order valence-corrected chi connectivity index (χ1v) is 10.3. The van der Waals surface area contributed by atoms with Crippen LogP contribution in [0.15, 0.2) is 35.6 Å². The van der Waals surface area contributed by atoms with Crippen LogP contribution in [-0.4, -0.2) is 36.0 Å². The summed E-state index contributed by atoms with van der Waals surface area (Å²) < 4.78 is 6.27. The molecule has 0 radical (unpaired) electrons. The molecule has 0 saturated carbocycles. The molecule has 3 rings (SSSR count). The van der Waals surface area contributed by atoms with Crippen molar-refractivity contribution in [2.24, 2.45) is 0 Å². The van der Waals surface area contributed by atoms with Crippen LogP contribution in [-0.2, 0) is 4.74 Å². The minimum absolute atomic E-state index is 0.00730. The lowest BCUT2D eigenvalue weighted by Crippen LogP contribution is -2.57. The van der Waals surface area contributed by atoms with Gasteiger partial charge in [-0.3, -0.25) is 10.3 Å². The molecule has 0 spiro atoms. The van der Waals surface area contributed by atoms with Crippen molar-refractivity contribution in [1.29, 1.82) is 0 Å². The molecule has 1 saturated heterocycles. The molecular weight excluding hydrogens is 334 g/mol. The van der Waals surface area contributed by atoms with Crippen molar-refractivity contribution >= 4 is 0 Å². The Bertz CT molecular complexity index is 714. The quantitative estimate of drug-likeness (QED) is 0.784. The predicted octanol–water partition coefficient (Wildman–Crippen LogP) is 4.74. The zero-order chi connectivity index (χ0) is 19.6. The number of fused-ring (bicyclic) bond motifs is 1. The molecule has 1 aromatic carbocycles. The maximum Gasteiger partial charge on any atom is 0.121 e. The van der Waals surface area contributed by atoms with Crippen molar-refractivity contribution in [3.05, 3.63) is 57.8 Å². The summed E-state index contributed by atoms with van der Waals surface area (Å²) in [5.41, 5.74) is 7.85. The molecule has 0 amide bonds. The van der Waals surface area contributed by atoms with Crippen LogP contribution in [0.4, 0.5) is 0 Å². The van der Waals surface area contributed by atoms with E-state index in [1.807, 2.05) is 0 Å². The molecule has 4 nitrogen and oxygen atoms in total. The van der Waals surface area contributed by atoms with E-state index in [2.05, 4.69) is 81.3 Å². The molecule has 1 N–H and O–H groups in total. The number of nitrogens with one attached hydrogen (secondary N) is 1. The van der Waals surface area contributed by atoms with Gasteiger partial charge in [0, 0.05) is 24.9 Å². The van der Waals surface area contributed by atoms with Crippen molar-refractivity contribution in [3.63, 3.8) is 0 Å². The van der Waals surface area contributed by atoms with Crippen molar-refractivity contribution in [2.75, 3.05) is 19.8 Å². The lowest BCUT2D eigenvalue weighted by atomic mass is 9.88. The largest absolute Gasteiger partial charge is 0.354 e. The molecule has 0 bridgehead atoms. The van der Waals surface area contributed by atoms with Crippen molar-refractivity contribution in [1.82, 2.24) is 15.3 Å². The second-order valence-electron chi connectivity index (χ2n) is 7.91. The summed E-state index contributed by atoms with van der Waals surface area (Å²) in [5, 5.41) is 8.43. The molecule has 1 aromatic rings. The Labute approximate surface area is 164 Å². The van der Waals surface area contributed by atoms with E-state index in [1.165, 1.54) is 46.2 Å². The normalized spacial score (nSPS) is 22.6. The number of ether oxygens (including phenoxy) is 1. The third-order valence-corrected chi connectivity index (χ3v) is 5.60. The lowest BCUT2D eigenvalue weighted by molar-refractivity contribution is -0.0681. The fourth-order valence-electron chi connectivity index (χ4n) is 4.43. The Morgan fingerprint density at radius 2 is 1.85 bits per heavy atom. The molecular formula is C23H35N3O. The highest BCUT2D eigenvalue weighted by Gasteiger charge is 2.37. The number of aryl methyl sites for hydroxylation is 3. The van der Waals surface area contributed by atoms with Crippen molar-refractivity contribution < 1.29 is 4.74 Å². The minimum atomic E-state index is 0.00730. The second kappa shape index (κ2) is 8.59. The number of hydrogen-bond acceptors (Lipinski definition) is 4. The smallest absolute Gasteiger partial charge is 0.121 e. The van der Waals surface area contributed by atoms with Crippen molar-refractivity contribution in [2.45, 2.75) is 66.7 Å². The fraction of sp³-hybridized carbons (Fsp3) is 0.565. The molecule has 2 aliphatic rings. The monoisotopic (exact) mass is 369 g/mol. The topological polar surface area (TPSA) is 27.7 Å². The average molecular weight is 370 g/mol. The Morgan fingerprint density at radius 1 is 1.15 bits per heavy atom. The molecule has 2 atom stereocenters. The molecule has 2 aliphatic heterocycles.